The average Bonchev–Trinajstić information content (AvgIpc) is 0.802. The van der Waals surface area contributed by atoms with Gasteiger partial charge in [-0.2, -0.15) is 9.44 Å². The van der Waals surface area contributed by atoms with Gasteiger partial charge in [-0.3, -0.25) is 49.3 Å². The van der Waals surface area contributed by atoms with E-state index in [4.69, 9.17) is 22.1 Å². The quantitative estimate of drug-likeness (QED) is 0.0892. The van der Waals surface area contributed by atoms with Gasteiger partial charge < -0.3 is 26.2 Å². The van der Waals surface area contributed by atoms with Crippen LogP contribution in [0.3, 0.4) is 0 Å². The van der Waals surface area contributed by atoms with Crippen LogP contribution in [0.2, 0.25) is 0 Å². The van der Waals surface area contributed by atoms with Crippen LogP contribution in [0.15, 0.2) is 87.5 Å². The lowest BCUT2D eigenvalue weighted by atomic mass is 9.68. The van der Waals surface area contributed by atoms with Crippen molar-refractivity contribution in [3.8, 4) is 0 Å². The molecule has 3 aromatic carbocycles. The van der Waals surface area contributed by atoms with E-state index in [1.165, 1.54) is 108 Å². The van der Waals surface area contributed by atoms with Gasteiger partial charge in [0.15, 0.2) is 0 Å². The van der Waals surface area contributed by atoms with Crippen molar-refractivity contribution in [2.75, 3.05) is 64.6 Å². The number of nitro groups is 2. The van der Waals surface area contributed by atoms with E-state index in [-0.39, 0.29) is 61.9 Å². The van der Waals surface area contributed by atoms with Crippen molar-refractivity contribution >= 4 is 74.6 Å². The molecule has 3 amide bonds. The number of hydrogen-bond acceptors (Lipinski definition) is 18. The van der Waals surface area contributed by atoms with Crippen LogP contribution in [0, 0.1) is 55.7 Å². The second-order valence-electron chi connectivity index (χ2n) is 27.6. The SMILES string of the molecule is NC1CC[C@@H]2[C@H]3CCCN4CCC[C@@H](CN2C1=O)[C@@H]34.Nc1ccc(S(=O)(=O)NC2CC[C@@H]3[C@H]4CCCN5CCC[C@@H](CN3C2=O)[C@@H]45)cc1.O=C1C(NS(=O)(=O)c2ccc([N+](=O)[O-])cc2)CC[C@@H]2[C@H]3CCCN4CCC[C@@H](CN12)[C@@H]34.O=[N+]([O-])c1ccc(S(=O)(=O)Cl)cc1. The van der Waals surface area contributed by atoms with E-state index in [1.54, 1.807) is 12.1 Å². The molecule has 0 aromatic heterocycles. The first-order valence-corrected chi connectivity index (χ1v) is 38.5. The third kappa shape index (κ3) is 13.7. The number of nitrogen functional groups attached to an aromatic ring is 1. The number of nitrogens with one attached hydrogen (secondary N) is 2. The van der Waals surface area contributed by atoms with E-state index in [2.05, 4.69) is 29.0 Å². The number of carbonyl (C=O) groups excluding carboxylic acids is 3. The molecule has 3 unspecified atom stereocenters. The van der Waals surface area contributed by atoms with Gasteiger partial charge >= 0.3 is 0 Å². The molecule has 0 aliphatic carbocycles. The number of hydrogen-bond donors (Lipinski definition) is 4. The van der Waals surface area contributed by atoms with E-state index in [0.717, 1.165) is 126 Å². The number of carbonyl (C=O) groups is 3. The van der Waals surface area contributed by atoms with Crippen molar-refractivity contribution in [2.45, 2.75) is 185 Å². The Morgan fingerprint density at radius 2 is 0.750 bits per heavy atom. The van der Waals surface area contributed by atoms with E-state index in [0.29, 0.717) is 66.2 Å². The first-order chi connectivity index (χ1) is 43.9. The predicted molar refractivity (Wildman–Crippen MR) is 343 cm³/mol. The highest BCUT2D eigenvalue weighted by atomic mass is 35.7. The normalized spacial score (nSPS) is 33.6. The Morgan fingerprint density at radius 1 is 0.435 bits per heavy atom. The maximum absolute atomic E-state index is 13.3. The van der Waals surface area contributed by atoms with Crippen LogP contribution in [-0.4, -0.2) is 196 Å². The zero-order valence-corrected chi connectivity index (χ0v) is 55.0. The molecular formula is C63H87ClN12O13S3. The third-order valence-corrected chi connectivity index (χ3v) is 26.9. The molecule has 0 saturated carbocycles. The molecule has 6 N–H and O–H groups in total. The molecule has 12 aliphatic rings. The highest BCUT2D eigenvalue weighted by Gasteiger charge is 2.55. The number of anilines is 1. The molecule has 25 nitrogen and oxygen atoms in total. The summed E-state index contributed by atoms with van der Waals surface area (Å²) < 4.78 is 77.9. The number of fused-ring (bicyclic) bond motifs is 6. The molecule has 29 heteroatoms. The van der Waals surface area contributed by atoms with Crippen molar-refractivity contribution in [3.63, 3.8) is 0 Å². The highest BCUT2D eigenvalue weighted by molar-refractivity contribution is 8.13. The summed E-state index contributed by atoms with van der Waals surface area (Å²) in [6.45, 7) is 9.78. The van der Waals surface area contributed by atoms with Crippen LogP contribution < -0.4 is 20.9 Å². The molecule has 92 heavy (non-hydrogen) atoms. The number of nitro benzene ring substituents is 2. The molecule has 12 heterocycles. The Labute approximate surface area is 543 Å². The molecule has 15 rings (SSSR count). The van der Waals surface area contributed by atoms with Crippen molar-refractivity contribution < 1.29 is 49.5 Å². The number of non-ortho nitro benzene ring substituents is 2. The molecule has 12 aliphatic heterocycles. The van der Waals surface area contributed by atoms with Gasteiger partial charge in [-0.15, -0.1) is 0 Å². The van der Waals surface area contributed by atoms with E-state index >= 15 is 0 Å². The molecule has 0 spiro atoms. The minimum Gasteiger partial charge on any atom is -0.399 e. The first-order valence-electron chi connectivity index (χ1n) is 33.2. The van der Waals surface area contributed by atoms with Crippen molar-refractivity contribution in [1.29, 1.82) is 0 Å². The topological polar surface area (TPSA) is 335 Å². The fourth-order valence-corrected chi connectivity index (χ4v) is 21.9. The summed E-state index contributed by atoms with van der Waals surface area (Å²) in [5.74, 6) is 3.55. The summed E-state index contributed by atoms with van der Waals surface area (Å²) in [5, 5.41) is 21.0. The molecule has 0 radical (unpaired) electrons. The van der Waals surface area contributed by atoms with Gasteiger partial charge in [0.05, 0.1) is 30.6 Å². The van der Waals surface area contributed by atoms with Crippen LogP contribution >= 0.6 is 10.7 Å². The smallest absolute Gasteiger partial charge is 0.269 e. The van der Waals surface area contributed by atoms with Gasteiger partial charge in [-0.05, 0) is 239 Å². The average molecular weight is 1350 g/mol. The van der Waals surface area contributed by atoms with Crippen LogP contribution in [0.25, 0.3) is 0 Å². The maximum atomic E-state index is 13.3. The summed E-state index contributed by atoms with van der Waals surface area (Å²) in [5.41, 5.74) is 11.8. The standard InChI is InChI=1S/C21H28N4O5S.C21H30N4O3S.C15H25N3O.C6H4ClNO4S/c26-21-18(22-31(29,30)16-7-5-15(6-8-16)25(27)28)9-10-19-17-4-2-12-23-11-1-3-14(20(17)23)13-24(19)21;22-15-5-7-16(8-6-15)29(27,28)23-18-9-10-19-17-4-2-12-24-11-1-3-14(20(17)24)13-25(19)21(18)26;16-12-5-6-13-11-4-2-8-17-7-1-3-10(14(11)17)9-18(13)15(12)19;7-13(11,12)6-3-1-5(2-4-6)8(9)10/h5-8,14,17-20,22H,1-4,9-13H2;5-8,14,17-20,23H,1-4,9-13,22H2;10-14H,1-9,16H2;1-4H/t2*14-,17+,18?,19+,20-;10-,11+,12?,13+,14-;/m000./s1. The number of amides is 3. The first kappa shape index (κ1) is 66.6. The number of rotatable bonds is 9. The Bertz CT molecular complexity index is 3570. The molecule has 0 bridgehead atoms. The molecular weight excluding hydrogens is 1260 g/mol. The number of sulfonamides is 2. The third-order valence-electron chi connectivity index (χ3n) is 22.5. The lowest BCUT2D eigenvalue weighted by molar-refractivity contribution is -0.385. The second kappa shape index (κ2) is 27.4. The lowest BCUT2D eigenvalue weighted by Crippen LogP contribution is -2.69. The summed E-state index contributed by atoms with van der Waals surface area (Å²) in [7, 11) is -6.49. The number of nitrogens with zero attached hydrogens (tertiary/aromatic N) is 8. The van der Waals surface area contributed by atoms with Gasteiger partial charge in [-0.25, -0.2) is 25.3 Å². The number of nitrogens with two attached hydrogens (primary N) is 2. The number of piperidine rings is 12. The summed E-state index contributed by atoms with van der Waals surface area (Å²) in [6, 6.07) is 16.4. The largest absolute Gasteiger partial charge is 0.399 e. The van der Waals surface area contributed by atoms with Gasteiger partial charge in [-0.1, -0.05) is 0 Å². The van der Waals surface area contributed by atoms with Gasteiger partial charge in [0, 0.05) is 96.5 Å². The van der Waals surface area contributed by atoms with E-state index in [9.17, 15) is 59.9 Å². The Kier molecular flexibility index (Phi) is 19.8. The molecule has 3 aromatic rings. The van der Waals surface area contributed by atoms with Crippen molar-refractivity contribution in [2.24, 2.45) is 41.2 Å². The summed E-state index contributed by atoms with van der Waals surface area (Å²) >= 11 is 0. The predicted octanol–water partition coefficient (Wildman–Crippen LogP) is 5.48. The Hall–Kier alpha value is -5.43. The molecule has 12 saturated heterocycles. The Morgan fingerprint density at radius 3 is 1.10 bits per heavy atom. The molecule has 12 fully saturated rings. The maximum Gasteiger partial charge on any atom is 0.269 e. The Balaban J connectivity index is 0.000000124. The van der Waals surface area contributed by atoms with E-state index < -0.39 is 51.0 Å². The van der Waals surface area contributed by atoms with Crippen LogP contribution in [0.1, 0.15) is 116 Å². The minimum atomic E-state index is -3.94. The fourth-order valence-electron chi connectivity index (χ4n) is 18.7. The van der Waals surface area contributed by atoms with Gasteiger partial charge in [0.2, 0.25) is 37.8 Å². The fraction of sp³-hybridized carbons (Fsp3) is 0.667. The molecule has 15 atom stereocenters. The number of benzene rings is 3. The second-order valence-corrected chi connectivity index (χ2v) is 33.6. The van der Waals surface area contributed by atoms with Crippen molar-refractivity contribution in [1.82, 2.24) is 38.8 Å². The zero-order chi connectivity index (χ0) is 65.0. The summed E-state index contributed by atoms with van der Waals surface area (Å²) in [6.07, 6.45) is 19.4. The van der Waals surface area contributed by atoms with Crippen LogP contribution in [-0.2, 0) is 43.5 Å². The monoisotopic (exact) mass is 1350 g/mol. The highest BCUT2D eigenvalue weighted by Crippen LogP contribution is 2.48. The minimum absolute atomic E-state index is 0.0404. The van der Waals surface area contributed by atoms with Crippen molar-refractivity contribution in [3.05, 3.63) is 93.0 Å². The zero-order valence-electron chi connectivity index (χ0n) is 51.8. The molecule has 502 valence electrons. The van der Waals surface area contributed by atoms with E-state index in [1.807, 2.05) is 9.80 Å². The number of halogens is 1. The summed E-state index contributed by atoms with van der Waals surface area (Å²) in [4.78, 5) is 73.0. The van der Waals surface area contributed by atoms with Gasteiger partial charge in [0.25, 0.3) is 20.4 Å². The van der Waals surface area contributed by atoms with Crippen LogP contribution in [0.4, 0.5) is 17.1 Å². The van der Waals surface area contributed by atoms with Crippen LogP contribution in [0.5, 0.6) is 0 Å². The van der Waals surface area contributed by atoms with Gasteiger partial charge in [0.1, 0.15) is 12.1 Å². The lowest BCUT2D eigenvalue weighted by Gasteiger charge is -2.59.